The maximum absolute atomic E-state index is 13.9. The Morgan fingerprint density at radius 3 is 2.95 bits per heavy atom. The lowest BCUT2D eigenvalue weighted by atomic mass is 10.0. The van der Waals surface area contributed by atoms with Gasteiger partial charge in [0, 0.05) is 6.42 Å². The summed E-state index contributed by atoms with van der Waals surface area (Å²) in [6, 6.07) is 8.17. The van der Waals surface area contributed by atoms with Crippen molar-refractivity contribution in [1.29, 1.82) is 0 Å². The van der Waals surface area contributed by atoms with Crippen molar-refractivity contribution in [2.45, 2.75) is 12.5 Å². The minimum absolute atomic E-state index is 0.0477. The number of rotatable bonds is 3. The summed E-state index contributed by atoms with van der Waals surface area (Å²) in [7, 11) is 0. The van der Waals surface area contributed by atoms with Gasteiger partial charge in [0.1, 0.15) is 5.82 Å². The number of aliphatic hydroxyl groups excluding tert-OH is 1. The molecule has 0 amide bonds. The van der Waals surface area contributed by atoms with Crippen LogP contribution in [0.2, 0.25) is 5.02 Å². The summed E-state index contributed by atoms with van der Waals surface area (Å²) in [6.07, 6.45) is -0.748. The third kappa shape index (κ3) is 2.86. The molecule has 0 aliphatic carbocycles. The predicted octanol–water partition coefficient (Wildman–Crippen LogP) is 4.25. The van der Waals surface area contributed by atoms with Gasteiger partial charge in [0.15, 0.2) is 11.5 Å². The van der Waals surface area contributed by atoms with Crippen molar-refractivity contribution < 1.29 is 19.0 Å². The van der Waals surface area contributed by atoms with Crippen molar-refractivity contribution in [3.05, 3.63) is 56.8 Å². The number of aliphatic hydroxyl groups is 1. The Bertz CT molecular complexity index is 693. The molecule has 1 aliphatic heterocycles. The van der Waals surface area contributed by atoms with Gasteiger partial charge in [0.2, 0.25) is 6.79 Å². The molecule has 1 heterocycles. The van der Waals surface area contributed by atoms with Gasteiger partial charge in [-0.05, 0) is 45.3 Å². The summed E-state index contributed by atoms with van der Waals surface area (Å²) >= 11 is 9.11. The molecule has 2 aromatic rings. The van der Waals surface area contributed by atoms with E-state index in [0.29, 0.717) is 27.1 Å². The minimum atomic E-state index is -0.872. The van der Waals surface area contributed by atoms with Gasteiger partial charge in [-0.25, -0.2) is 4.39 Å². The van der Waals surface area contributed by atoms with E-state index < -0.39 is 11.9 Å². The molecule has 3 rings (SSSR count). The van der Waals surface area contributed by atoms with E-state index in [1.807, 2.05) is 0 Å². The molecule has 6 heteroatoms. The molecule has 0 spiro atoms. The van der Waals surface area contributed by atoms with Crippen LogP contribution in [-0.2, 0) is 6.42 Å². The van der Waals surface area contributed by atoms with Crippen LogP contribution in [0, 0.1) is 5.82 Å². The largest absolute Gasteiger partial charge is 0.454 e. The normalized spacial score (nSPS) is 14.3. The number of benzene rings is 2. The van der Waals surface area contributed by atoms with Crippen molar-refractivity contribution in [3.8, 4) is 11.5 Å². The van der Waals surface area contributed by atoms with Crippen LogP contribution in [0.15, 0.2) is 34.8 Å². The Balaban J connectivity index is 1.87. The van der Waals surface area contributed by atoms with Crippen LogP contribution in [0.25, 0.3) is 0 Å². The van der Waals surface area contributed by atoms with Crippen LogP contribution in [0.4, 0.5) is 4.39 Å². The number of halogens is 3. The Morgan fingerprint density at radius 2 is 2.14 bits per heavy atom. The fourth-order valence-electron chi connectivity index (χ4n) is 2.21. The summed E-state index contributed by atoms with van der Waals surface area (Å²) < 4.78 is 25.2. The maximum Gasteiger partial charge on any atom is 0.231 e. The molecule has 21 heavy (non-hydrogen) atoms. The SMILES string of the molecule is OC(Cc1cccc(Cl)c1F)c1cc(Br)c2c(c1)OCO2. The molecule has 0 saturated heterocycles. The van der Waals surface area contributed by atoms with Gasteiger partial charge in [-0.15, -0.1) is 0 Å². The first-order valence-corrected chi connectivity index (χ1v) is 7.43. The van der Waals surface area contributed by atoms with E-state index in [9.17, 15) is 9.50 Å². The number of fused-ring (bicyclic) bond motifs is 1. The van der Waals surface area contributed by atoms with E-state index in [0.717, 1.165) is 0 Å². The van der Waals surface area contributed by atoms with E-state index in [2.05, 4.69) is 15.9 Å². The van der Waals surface area contributed by atoms with Crippen LogP contribution in [0.3, 0.4) is 0 Å². The van der Waals surface area contributed by atoms with E-state index >= 15 is 0 Å². The first-order chi connectivity index (χ1) is 10.1. The molecular weight excluding hydrogens is 363 g/mol. The molecule has 110 valence electrons. The fourth-order valence-corrected chi connectivity index (χ4v) is 2.98. The van der Waals surface area contributed by atoms with Crippen LogP contribution in [-0.4, -0.2) is 11.9 Å². The average Bonchev–Trinajstić information content (AvgIpc) is 2.92. The second-order valence-corrected chi connectivity index (χ2v) is 5.93. The third-order valence-corrected chi connectivity index (χ3v) is 4.16. The smallest absolute Gasteiger partial charge is 0.231 e. The highest BCUT2D eigenvalue weighted by Crippen LogP contribution is 2.41. The predicted molar refractivity (Wildman–Crippen MR) is 80.3 cm³/mol. The van der Waals surface area contributed by atoms with Crippen molar-refractivity contribution in [3.63, 3.8) is 0 Å². The zero-order valence-corrected chi connectivity index (χ0v) is 13.1. The molecule has 1 aliphatic rings. The Labute approximate surface area is 134 Å². The van der Waals surface area contributed by atoms with Crippen LogP contribution in [0.1, 0.15) is 17.2 Å². The maximum atomic E-state index is 13.9. The van der Waals surface area contributed by atoms with Crippen LogP contribution >= 0.6 is 27.5 Å². The van der Waals surface area contributed by atoms with Crippen molar-refractivity contribution in [1.82, 2.24) is 0 Å². The van der Waals surface area contributed by atoms with E-state index in [1.54, 1.807) is 24.3 Å². The summed E-state index contributed by atoms with van der Waals surface area (Å²) in [5.41, 5.74) is 0.981. The Hall–Kier alpha value is -1.30. The number of hydrogen-bond donors (Lipinski definition) is 1. The second-order valence-electron chi connectivity index (χ2n) is 4.67. The van der Waals surface area contributed by atoms with Crippen LogP contribution < -0.4 is 9.47 Å². The minimum Gasteiger partial charge on any atom is -0.454 e. The average molecular weight is 374 g/mol. The van der Waals surface area contributed by atoms with Gasteiger partial charge in [0.05, 0.1) is 15.6 Å². The topological polar surface area (TPSA) is 38.7 Å². The molecule has 3 nitrogen and oxygen atoms in total. The van der Waals surface area contributed by atoms with Crippen molar-refractivity contribution in [2.24, 2.45) is 0 Å². The summed E-state index contributed by atoms with van der Waals surface area (Å²) in [4.78, 5) is 0. The molecule has 0 bridgehead atoms. The monoisotopic (exact) mass is 372 g/mol. The highest BCUT2D eigenvalue weighted by Gasteiger charge is 2.21. The first-order valence-electron chi connectivity index (χ1n) is 6.26. The molecule has 2 aromatic carbocycles. The zero-order chi connectivity index (χ0) is 15.0. The first kappa shape index (κ1) is 14.6. The lowest BCUT2D eigenvalue weighted by Crippen LogP contribution is -2.04. The lowest BCUT2D eigenvalue weighted by Gasteiger charge is -2.13. The third-order valence-electron chi connectivity index (χ3n) is 3.28. The van der Waals surface area contributed by atoms with Crippen LogP contribution in [0.5, 0.6) is 11.5 Å². The fraction of sp³-hybridized carbons (Fsp3) is 0.200. The van der Waals surface area contributed by atoms with Gasteiger partial charge in [0.25, 0.3) is 0 Å². The molecular formula is C15H11BrClFO3. The molecule has 1 N–H and O–H groups in total. The van der Waals surface area contributed by atoms with Gasteiger partial charge < -0.3 is 14.6 Å². The summed E-state index contributed by atoms with van der Waals surface area (Å²) in [5, 5.41) is 10.4. The van der Waals surface area contributed by atoms with Gasteiger partial charge in [-0.2, -0.15) is 0 Å². The Kier molecular flexibility index (Phi) is 4.06. The summed E-state index contributed by atoms with van der Waals surface area (Å²) in [6.45, 7) is 0.149. The van der Waals surface area contributed by atoms with Gasteiger partial charge in [-0.1, -0.05) is 23.7 Å². The van der Waals surface area contributed by atoms with E-state index in [4.69, 9.17) is 21.1 Å². The highest BCUT2D eigenvalue weighted by molar-refractivity contribution is 9.10. The standard InChI is InChI=1S/C15H11BrClFO3/c16-10-4-9(6-13-15(10)21-7-20-13)12(19)5-8-2-1-3-11(17)14(8)18/h1-4,6,12,19H,5,7H2. The zero-order valence-electron chi connectivity index (χ0n) is 10.8. The molecule has 0 radical (unpaired) electrons. The second kappa shape index (κ2) is 5.83. The van der Waals surface area contributed by atoms with Crippen molar-refractivity contribution in [2.75, 3.05) is 6.79 Å². The van der Waals surface area contributed by atoms with E-state index in [1.165, 1.54) is 6.07 Å². The van der Waals surface area contributed by atoms with Gasteiger partial charge >= 0.3 is 0 Å². The number of hydrogen-bond acceptors (Lipinski definition) is 3. The highest BCUT2D eigenvalue weighted by atomic mass is 79.9. The van der Waals surface area contributed by atoms with Gasteiger partial charge in [-0.3, -0.25) is 0 Å². The molecule has 1 unspecified atom stereocenters. The van der Waals surface area contributed by atoms with Crippen molar-refractivity contribution >= 4 is 27.5 Å². The Morgan fingerprint density at radius 1 is 1.33 bits per heavy atom. The molecule has 0 aromatic heterocycles. The lowest BCUT2D eigenvalue weighted by molar-refractivity contribution is 0.171. The molecule has 0 saturated carbocycles. The molecule has 0 fully saturated rings. The number of ether oxygens (including phenoxy) is 2. The quantitative estimate of drug-likeness (QED) is 0.874. The summed E-state index contributed by atoms with van der Waals surface area (Å²) in [5.74, 6) is 0.669. The molecule has 1 atom stereocenters. The van der Waals surface area contributed by atoms with E-state index in [-0.39, 0.29) is 18.2 Å².